The molecule has 3 atom stereocenters. The number of hydrogen-bond donors (Lipinski definition) is 3. The summed E-state index contributed by atoms with van der Waals surface area (Å²) in [5, 5.41) is 14.6. The summed E-state index contributed by atoms with van der Waals surface area (Å²) in [5.74, 6) is -0.770. The van der Waals surface area contributed by atoms with Crippen molar-refractivity contribution in [2.24, 2.45) is 0 Å². The Kier molecular flexibility index (Phi) is 6.50. The van der Waals surface area contributed by atoms with Crippen molar-refractivity contribution in [1.82, 2.24) is 4.90 Å². The fourth-order valence-corrected chi connectivity index (χ4v) is 4.32. The summed E-state index contributed by atoms with van der Waals surface area (Å²) in [6.07, 6.45) is 0.298. The van der Waals surface area contributed by atoms with Crippen LogP contribution in [-0.4, -0.2) is 59.8 Å². The van der Waals surface area contributed by atoms with Crippen LogP contribution in [0, 0.1) is 6.92 Å². The van der Waals surface area contributed by atoms with E-state index in [1.54, 1.807) is 36.2 Å². The number of carbonyl (C=O) groups excluding carboxylic acids is 2. The lowest BCUT2D eigenvalue weighted by molar-refractivity contribution is -0.148. The summed E-state index contributed by atoms with van der Waals surface area (Å²) in [6, 6.07) is 11.7. The van der Waals surface area contributed by atoms with E-state index in [1.165, 1.54) is 0 Å². The molecular formula is C24H27N3O6. The van der Waals surface area contributed by atoms with E-state index in [2.05, 4.69) is 10.6 Å². The molecule has 0 radical (unpaired) electrons. The van der Waals surface area contributed by atoms with Gasteiger partial charge in [-0.1, -0.05) is 12.1 Å². The van der Waals surface area contributed by atoms with Crippen molar-refractivity contribution in [3.63, 3.8) is 0 Å². The van der Waals surface area contributed by atoms with Gasteiger partial charge in [0.25, 0.3) is 5.91 Å². The molecule has 4 rings (SSSR count). The first kappa shape index (κ1) is 22.6. The normalized spacial score (nSPS) is 22.2. The lowest BCUT2D eigenvalue weighted by Gasteiger charge is -2.42. The van der Waals surface area contributed by atoms with Crippen LogP contribution >= 0.6 is 0 Å². The number of carbonyl (C=O) groups is 3. The van der Waals surface area contributed by atoms with Crippen LogP contribution in [0.5, 0.6) is 5.75 Å². The average molecular weight is 453 g/mol. The third kappa shape index (κ3) is 5.25. The molecule has 2 heterocycles. The van der Waals surface area contributed by atoms with E-state index in [9.17, 15) is 14.4 Å². The number of likely N-dealkylation sites (N-methyl/N-ethyl adjacent to an activating group) is 1. The van der Waals surface area contributed by atoms with Crippen LogP contribution in [-0.2, 0) is 9.53 Å². The zero-order valence-electron chi connectivity index (χ0n) is 18.5. The molecule has 0 unspecified atom stereocenters. The van der Waals surface area contributed by atoms with Crippen LogP contribution in [0.2, 0.25) is 0 Å². The fourth-order valence-electron chi connectivity index (χ4n) is 4.32. The minimum absolute atomic E-state index is 0.0723. The van der Waals surface area contributed by atoms with Crippen molar-refractivity contribution in [2.45, 2.75) is 44.4 Å². The third-order valence-electron chi connectivity index (χ3n) is 5.95. The maximum atomic E-state index is 13.2. The second-order valence-corrected chi connectivity index (χ2v) is 8.43. The van der Waals surface area contributed by atoms with Crippen LogP contribution < -0.4 is 15.4 Å². The molecule has 2 aliphatic heterocycles. The molecule has 9 heteroatoms. The number of anilines is 2. The largest absolute Gasteiger partial charge is 0.490 e. The zero-order valence-corrected chi connectivity index (χ0v) is 18.5. The molecule has 2 aliphatic rings. The van der Waals surface area contributed by atoms with Crippen LogP contribution in [0.1, 0.15) is 35.2 Å². The Bertz CT molecular complexity index is 1070. The summed E-state index contributed by atoms with van der Waals surface area (Å²) in [7, 11) is 1.71. The second kappa shape index (κ2) is 9.50. The van der Waals surface area contributed by atoms with Gasteiger partial charge in [0.1, 0.15) is 18.5 Å². The van der Waals surface area contributed by atoms with E-state index in [-0.39, 0.29) is 25.0 Å². The second-order valence-electron chi connectivity index (χ2n) is 8.43. The van der Waals surface area contributed by atoms with Gasteiger partial charge in [0.15, 0.2) is 0 Å². The molecule has 33 heavy (non-hydrogen) atoms. The Morgan fingerprint density at radius 3 is 2.61 bits per heavy atom. The van der Waals surface area contributed by atoms with E-state index in [4.69, 9.17) is 14.6 Å². The van der Waals surface area contributed by atoms with Crippen molar-refractivity contribution in [3.8, 4) is 5.75 Å². The number of benzene rings is 2. The monoisotopic (exact) mass is 453 g/mol. The number of hydrogen-bond acceptors (Lipinski definition) is 5. The number of amides is 3. The number of ether oxygens (including phenoxy) is 2. The molecule has 1 fully saturated rings. The van der Waals surface area contributed by atoms with Gasteiger partial charge in [0.2, 0.25) is 0 Å². The number of urea groups is 1. The highest BCUT2D eigenvalue weighted by atomic mass is 16.5. The SMILES string of the molecule is Cc1cccc(NC(=O)Nc2ccc3c(c2)C(=O)N(C)[C@@H]2CC[C@H](CC(=O)O)O[C@@H]2CO3)c1. The molecule has 2 aromatic carbocycles. The predicted molar refractivity (Wildman–Crippen MR) is 122 cm³/mol. The van der Waals surface area contributed by atoms with E-state index >= 15 is 0 Å². The predicted octanol–water partition coefficient (Wildman–Crippen LogP) is 3.49. The zero-order chi connectivity index (χ0) is 23.5. The van der Waals surface area contributed by atoms with Gasteiger partial charge in [0.05, 0.1) is 24.1 Å². The highest BCUT2D eigenvalue weighted by molar-refractivity contribution is 6.02. The number of rotatable bonds is 4. The summed E-state index contributed by atoms with van der Waals surface area (Å²) < 4.78 is 11.8. The number of carboxylic acids is 1. The average Bonchev–Trinajstić information content (AvgIpc) is 2.76. The van der Waals surface area contributed by atoms with E-state index in [1.807, 2.05) is 25.1 Å². The summed E-state index contributed by atoms with van der Waals surface area (Å²) in [4.78, 5) is 38.3. The van der Waals surface area contributed by atoms with Crippen molar-refractivity contribution in [2.75, 3.05) is 24.3 Å². The van der Waals surface area contributed by atoms with Crippen LogP contribution in [0.3, 0.4) is 0 Å². The van der Waals surface area contributed by atoms with Crippen molar-refractivity contribution >= 4 is 29.3 Å². The minimum Gasteiger partial charge on any atom is -0.490 e. The third-order valence-corrected chi connectivity index (χ3v) is 5.95. The van der Waals surface area contributed by atoms with Gasteiger partial charge in [-0.25, -0.2) is 4.79 Å². The number of aliphatic carboxylic acids is 1. The first-order valence-corrected chi connectivity index (χ1v) is 10.9. The molecule has 1 saturated heterocycles. The van der Waals surface area contributed by atoms with Gasteiger partial charge in [-0.2, -0.15) is 0 Å². The van der Waals surface area contributed by atoms with Crippen molar-refractivity contribution < 1.29 is 29.0 Å². The number of nitrogens with one attached hydrogen (secondary N) is 2. The quantitative estimate of drug-likeness (QED) is 0.652. The fraction of sp³-hybridized carbons (Fsp3) is 0.375. The Hall–Kier alpha value is -3.59. The maximum absolute atomic E-state index is 13.2. The number of carboxylic acid groups (broad SMARTS) is 1. The summed E-state index contributed by atoms with van der Waals surface area (Å²) >= 11 is 0. The Labute approximate surface area is 191 Å². The molecule has 0 saturated carbocycles. The van der Waals surface area contributed by atoms with Gasteiger partial charge in [-0.3, -0.25) is 9.59 Å². The molecule has 2 aromatic rings. The number of nitrogens with zero attached hydrogens (tertiary/aromatic N) is 1. The Morgan fingerprint density at radius 2 is 1.88 bits per heavy atom. The lowest BCUT2D eigenvalue weighted by atomic mass is 9.94. The molecule has 3 amide bonds. The Morgan fingerprint density at radius 1 is 1.12 bits per heavy atom. The summed E-state index contributed by atoms with van der Waals surface area (Å²) in [6.45, 7) is 2.14. The van der Waals surface area contributed by atoms with Gasteiger partial charge < -0.3 is 30.1 Å². The molecule has 0 aliphatic carbocycles. The van der Waals surface area contributed by atoms with E-state index < -0.39 is 24.2 Å². The lowest BCUT2D eigenvalue weighted by Crippen LogP contribution is -2.53. The van der Waals surface area contributed by atoms with Crippen molar-refractivity contribution in [1.29, 1.82) is 0 Å². The first-order chi connectivity index (χ1) is 15.8. The number of aryl methyl sites for hydroxylation is 1. The standard InChI is InChI=1S/C24H27N3O6/c1-14-4-3-5-15(10-14)25-24(31)26-16-6-9-20-18(11-16)23(30)27(2)19-8-7-17(12-22(28)29)33-21(19)13-32-20/h3-6,9-11,17,19,21H,7-8,12-13H2,1-2H3,(H,28,29)(H2,25,26,31)/t17-,19-,21-/m1/s1. The molecule has 0 spiro atoms. The highest BCUT2D eigenvalue weighted by Crippen LogP contribution is 2.32. The summed E-state index contributed by atoms with van der Waals surface area (Å²) in [5.41, 5.74) is 2.50. The molecule has 9 nitrogen and oxygen atoms in total. The first-order valence-electron chi connectivity index (χ1n) is 10.9. The molecule has 0 aromatic heterocycles. The van der Waals surface area contributed by atoms with Gasteiger partial charge >= 0.3 is 12.0 Å². The Balaban J connectivity index is 1.48. The van der Waals surface area contributed by atoms with Crippen LogP contribution in [0.15, 0.2) is 42.5 Å². The molecular weight excluding hydrogens is 426 g/mol. The van der Waals surface area contributed by atoms with Crippen molar-refractivity contribution in [3.05, 3.63) is 53.6 Å². The maximum Gasteiger partial charge on any atom is 0.323 e. The van der Waals surface area contributed by atoms with Gasteiger partial charge in [-0.05, 0) is 55.7 Å². The van der Waals surface area contributed by atoms with Gasteiger partial charge in [0, 0.05) is 18.4 Å². The highest BCUT2D eigenvalue weighted by Gasteiger charge is 2.39. The molecule has 0 bridgehead atoms. The van der Waals surface area contributed by atoms with E-state index in [0.717, 1.165) is 5.56 Å². The van der Waals surface area contributed by atoms with Gasteiger partial charge in [-0.15, -0.1) is 0 Å². The smallest absolute Gasteiger partial charge is 0.323 e. The van der Waals surface area contributed by atoms with Crippen LogP contribution in [0.4, 0.5) is 16.2 Å². The minimum atomic E-state index is -0.911. The molecule has 3 N–H and O–H groups in total. The molecule has 174 valence electrons. The van der Waals surface area contributed by atoms with E-state index in [0.29, 0.717) is 35.5 Å². The van der Waals surface area contributed by atoms with Crippen LogP contribution in [0.25, 0.3) is 0 Å². The topological polar surface area (TPSA) is 117 Å². The number of fused-ring (bicyclic) bond motifs is 2.